The molecule has 16 heteroatoms. The van der Waals surface area contributed by atoms with Gasteiger partial charge in [-0.25, -0.2) is 19.2 Å². The van der Waals surface area contributed by atoms with Gasteiger partial charge in [0.1, 0.15) is 11.8 Å². The summed E-state index contributed by atoms with van der Waals surface area (Å²) >= 11 is 0. The van der Waals surface area contributed by atoms with E-state index in [0.717, 1.165) is 93.8 Å². The Bertz CT molecular complexity index is 1720. The van der Waals surface area contributed by atoms with Gasteiger partial charge in [-0.3, -0.25) is 14.0 Å². The van der Waals surface area contributed by atoms with E-state index in [-0.39, 0.29) is 17.6 Å². The third-order valence-corrected chi connectivity index (χ3v) is 7.90. The third-order valence-electron chi connectivity index (χ3n) is 7.90. The predicted octanol–water partition coefficient (Wildman–Crippen LogP) is 1.96. The number of fused-ring (bicyclic) bond motifs is 4. The molecule has 3 aromatic rings. The van der Waals surface area contributed by atoms with E-state index in [1.807, 2.05) is 15.6 Å². The Balaban J connectivity index is 0.000000121. The molecule has 46 heavy (non-hydrogen) atoms. The van der Waals surface area contributed by atoms with Gasteiger partial charge < -0.3 is 19.7 Å². The number of aryl methyl sites for hydroxylation is 5. The van der Waals surface area contributed by atoms with E-state index in [1.54, 1.807) is 27.7 Å². The smallest absolute Gasteiger partial charge is 0.358 e. The summed E-state index contributed by atoms with van der Waals surface area (Å²) in [6.45, 7) is 2.71. The minimum atomic E-state index is -0.938. The number of hydrogen-bond donors (Lipinski definition) is 2. The van der Waals surface area contributed by atoms with Crippen molar-refractivity contribution in [2.45, 2.75) is 71.0 Å². The summed E-state index contributed by atoms with van der Waals surface area (Å²) < 4.78 is 16.3. The molecule has 242 valence electrons. The van der Waals surface area contributed by atoms with Gasteiger partial charge >= 0.3 is 23.9 Å². The third kappa shape index (κ3) is 6.95. The first-order valence-corrected chi connectivity index (χ1v) is 14.9. The fourth-order valence-electron chi connectivity index (χ4n) is 5.67. The maximum absolute atomic E-state index is 11.2. The van der Waals surface area contributed by atoms with Gasteiger partial charge in [-0.15, -0.1) is 0 Å². The molecule has 0 saturated carbocycles. The van der Waals surface area contributed by atoms with Crippen LogP contribution < -0.4 is 0 Å². The first kappa shape index (κ1) is 32.0. The van der Waals surface area contributed by atoms with Crippen LogP contribution in [0, 0.1) is 0 Å². The van der Waals surface area contributed by atoms with Crippen molar-refractivity contribution in [3.05, 3.63) is 63.6 Å². The molecule has 0 saturated heterocycles. The zero-order chi connectivity index (χ0) is 32.8. The molecule has 2 N–H and O–H groups in total. The summed E-state index contributed by atoms with van der Waals surface area (Å²) in [4.78, 5) is 43.2. The lowest BCUT2D eigenvalue weighted by atomic mass is 10.2. The van der Waals surface area contributed by atoms with Gasteiger partial charge in [0.05, 0.1) is 26.1 Å². The van der Waals surface area contributed by atoms with Gasteiger partial charge in [0.2, 0.25) is 5.70 Å². The van der Waals surface area contributed by atoms with Crippen LogP contribution in [-0.4, -0.2) is 94.8 Å². The Morgan fingerprint density at radius 1 is 0.783 bits per heavy atom. The van der Waals surface area contributed by atoms with Crippen molar-refractivity contribution >= 4 is 36.3 Å². The number of carbonyl (C=O) groups is 4. The lowest BCUT2D eigenvalue weighted by Crippen LogP contribution is -2.04. The van der Waals surface area contributed by atoms with Gasteiger partial charge in [-0.05, 0) is 55.8 Å². The second-order valence-electron chi connectivity index (χ2n) is 10.8. The molecule has 3 aromatic heterocycles. The molecule has 16 nitrogen and oxygen atoms in total. The topological polar surface area (TPSA) is 196 Å². The number of carbonyl (C=O) groups excluding carboxylic acids is 2. The number of hydrogen-bond acceptors (Lipinski definition) is 10. The van der Waals surface area contributed by atoms with E-state index in [1.165, 1.54) is 20.4 Å². The van der Waals surface area contributed by atoms with E-state index in [2.05, 4.69) is 29.9 Å². The number of rotatable bonds is 4. The lowest BCUT2D eigenvalue weighted by Gasteiger charge is -1.96. The highest BCUT2D eigenvalue weighted by molar-refractivity contribution is 6.09. The van der Waals surface area contributed by atoms with Crippen LogP contribution in [0.1, 0.15) is 80.5 Å². The Morgan fingerprint density at radius 3 is 2.00 bits per heavy atom. The van der Waals surface area contributed by atoms with Crippen molar-refractivity contribution in [3.8, 4) is 0 Å². The molecule has 8 heterocycles. The van der Waals surface area contributed by atoms with Gasteiger partial charge in [0.25, 0.3) is 0 Å². The summed E-state index contributed by atoms with van der Waals surface area (Å²) in [5.41, 5.74) is 5.55. The first-order valence-electron chi connectivity index (χ1n) is 14.9. The molecule has 0 aromatic carbocycles. The second kappa shape index (κ2) is 14.1. The van der Waals surface area contributed by atoms with Gasteiger partial charge in [0, 0.05) is 43.9 Å². The lowest BCUT2D eigenvalue weighted by molar-refractivity contribution is -0.468. The molecule has 0 fully saturated rings. The summed E-state index contributed by atoms with van der Waals surface area (Å²) in [6.07, 6.45) is 12.8. The first-order chi connectivity index (χ1) is 22.2. The fraction of sp³-hybridized carbons (Fsp3) is 0.433. The molecule has 0 radical (unpaired) electrons. The number of hydrazone groups is 1. The van der Waals surface area contributed by atoms with Crippen LogP contribution in [0.2, 0.25) is 0 Å². The van der Waals surface area contributed by atoms with Crippen LogP contribution in [0.15, 0.2) is 34.7 Å². The van der Waals surface area contributed by atoms with Gasteiger partial charge in [-0.2, -0.15) is 15.3 Å². The van der Waals surface area contributed by atoms with Crippen LogP contribution in [0.25, 0.3) is 0 Å². The minimum absolute atomic E-state index is 0.166. The summed E-state index contributed by atoms with van der Waals surface area (Å²) in [5, 5.41) is 33.2. The van der Waals surface area contributed by atoms with E-state index >= 15 is 0 Å². The normalized spacial score (nSPS) is 16.0. The van der Waals surface area contributed by atoms with E-state index in [9.17, 15) is 19.2 Å². The Hall–Kier alpha value is -5.41. The largest absolute Gasteiger partial charge is 0.477 e. The number of carboxylic acid groups (broad SMARTS) is 2. The molecule has 8 rings (SSSR count). The number of aromatic carboxylic acids is 1. The molecular formula is C30H35N8O8+. The Morgan fingerprint density at radius 2 is 1.39 bits per heavy atom. The number of aromatic nitrogens is 6. The monoisotopic (exact) mass is 635 g/mol. The van der Waals surface area contributed by atoms with Crippen LogP contribution in [0.3, 0.4) is 0 Å². The van der Waals surface area contributed by atoms with E-state index in [0.29, 0.717) is 16.8 Å². The second-order valence-corrected chi connectivity index (χ2v) is 10.8. The quantitative estimate of drug-likeness (QED) is 0.314. The average molecular weight is 636 g/mol. The number of esters is 2. The van der Waals surface area contributed by atoms with Crippen LogP contribution in [-0.2, 0) is 53.2 Å². The van der Waals surface area contributed by atoms with Crippen LogP contribution >= 0.6 is 0 Å². The highest BCUT2D eigenvalue weighted by Crippen LogP contribution is 2.21. The highest BCUT2D eigenvalue weighted by atomic mass is 16.5. The van der Waals surface area contributed by atoms with E-state index < -0.39 is 11.9 Å². The molecule has 0 aliphatic carbocycles. The van der Waals surface area contributed by atoms with Crippen molar-refractivity contribution in [1.29, 1.82) is 0 Å². The maximum Gasteiger partial charge on any atom is 0.358 e. The number of nitrogens with zero attached hydrogens (tertiary/aromatic N) is 8. The average Bonchev–Trinajstić information content (AvgIpc) is 3.86. The predicted molar refractivity (Wildman–Crippen MR) is 160 cm³/mol. The summed E-state index contributed by atoms with van der Waals surface area (Å²) in [7, 11) is 2.76. The van der Waals surface area contributed by atoms with Gasteiger partial charge in [-0.1, -0.05) is 4.68 Å². The molecule has 5 aliphatic rings. The number of ether oxygens (including phenoxy) is 2. The molecule has 0 unspecified atom stereocenters. The van der Waals surface area contributed by atoms with Crippen LogP contribution in [0.5, 0.6) is 0 Å². The standard InChI is InChI=1S/2C8H10N2O2.C7H6N2O2.C7H8N2O2/c1-12-8(11)6-5-9-10-4-2-3-7(6)10;1-12-8(11)7-5-6-3-2-4-10(6)9-7;10-7(11)5-4-8-9-3-1-2-6(5)9;10-7(11)6-4-5-2-1-3-9(5)8-6/h2*5H,2-4H2,1H3;3-4H,1-2H2;4H,1-3H2,(H,10,11)/p+1. The Kier molecular flexibility index (Phi) is 9.83. The summed E-state index contributed by atoms with van der Waals surface area (Å²) in [5.74, 6) is -2.46. The fourth-order valence-corrected chi connectivity index (χ4v) is 5.67. The van der Waals surface area contributed by atoms with Crippen LogP contribution in [0.4, 0.5) is 0 Å². The molecular weight excluding hydrogens is 600 g/mol. The molecule has 0 bridgehead atoms. The van der Waals surface area contributed by atoms with Crippen molar-refractivity contribution in [2.75, 3.05) is 14.2 Å². The number of allylic oxidation sites excluding steroid dienone is 1. The zero-order valence-electron chi connectivity index (χ0n) is 25.6. The highest BCUT2D eigenvalue weighted by Gasteiger charge is 2.32. The number of methoxy groups -OCH3 is 2. The number of aliphatic carboxylic acids is 1. The van der Waals surface area contributed by atoms with Crippen molar-refractivity contribution in [3.63, 3.8) is 0 Å². The SMILES string of the molecule is COC(=O)c1cc2n(n1)CCC2.COC(=O)c1cnn2c1CCC2.O=C(O)C1=C2CCC=[N+]2N=C1.O=C(O)c1cc2n(n1)CCC2. The number of carboxylic acids is 2. The van der Waals surface area contributed by atoms with E-state index in [4.69, 9.17) is 10.2 Å². The van der Waals surface area contributed by atoms with Crippen molar-refractivity contribution < 1.29 is 43.5 Å². The molecule has 0 spiro atoms. The zero-order valence-corrected chi connectivity index (χ0v) is 25.6. The van der Waals surface area contributed by atoms with Crippen molar-refractivity contribution in [2.24, 2.45) is 5.10 Å². The molecule has 5 aliphatic heterocycles. The van der Waals surface area contributed by atoms with Crippen molar-refractivity contribution in [1.82, 2.24) is 29.3 Å². The Labute approximate surface area is 263 Å². The molecule has 0 amide bonds. The van der Waals surface area contributed by atoms with Gasteiger partial charge in [0.15, 0.2) is 23.2 Å². The molecule has 0 atom stereocenters. The maximum atomic E-state index is 11.2. The minimum Gasteiger partial charge on any atom is -0.477 e. The summed E-state index contributed by atoms with van der Waals surface area (Å²) in [6, 6.07) is 3.45.